The molecule has 1 aromatic heterocycles. The lowest BCUT2D eigenvalue weighted by molar-refractivity contribution is 0.304. The fourth-order valence-electron chi connectivity index (χ4n) is 1.61. The van der Waals surface area contributed by atoms with Crippen LogP contribution in [-0.2, 0) is 6.61 Å². The average molecular weight is 246 g/mol. The Bertz CT molecular complexity index is 514. The molecular weight excluding hydrogens is 231 g/mol. The van der Waals surface area contributed by atoms with Gasteiger partial charge in [-0.25, -0.2) is 4.39 Å². The fraction of sp³-hybridized carbons (Fsp3) is 0.214. The first-order valence-corrected chi connectivity index (χ1v) is 5.73. The van der Waals surface area contributed by atoms with Crippen molar-refractivity contribution in [1.29, 1.82) is 0 Å². The molecule has 0 spiro atoms. The molecule has 0 unspecified atom stereocenters. The SMILES string of the molecule is C[C@@H](N)c1ccc(OCc2ccncc2)cc1F. The second kappa shape index (κ2) is 5.60. The maximum Gasteiger partial charge on any atom is 0.131 e. The first kappa shape index (κ1) is 12.5. The zero-order valence-electron chi connectivity index (χ0n) is 10.1. The molecule has 1 aromatic carbocycles. The molecule has 2 rings (SSSR count). The summed E-state index contributed by atoms with van der Waals surface area (Å²) in [5, 5.41) is 0. The van der Waals surface area contributed by atoms with Crippen LogP contribution in [0.15, 0.2) is 42.7 Å². The van der Waals surface area contributed by atoms with E-state index in [4.69, 9.17) is 10.5 Å². The third-order valence-electron chi connectivity index (χ3n) is 2.62. The van der Waals surface area contributed by atoms with Gasteiger partial charge in [0.15, 0.2) is 0 Å². The lowest BCUT2D eigenvalue weighted by Gasteiger charge is -2.10. The second-order valence-electron chi connectivity index (χ2n) is 4.12. The topological polar surface area (TPSA) is 48.1 Å². The molecule has 2 aromatic rings. The summed E-state index contributed by atoms with van der Waals surface area (Å²) < 4.78 is 19.2. The van der Waals surface area contributed by atoms with Crippen molar-refractivity contribution in [3.63, 3.8) is 0 Å². The van der Waals surface area contributed by atoms with Crippen molar-refractivity contribution in [2.45, 2.75) is 19.6 Å². The van der Waals surface area contributed by atoms with Crippen molar-refractivity contribution in [2.75, 3.05) is 0 Å². The van der Waals surface area contributed by atoms with Crippen molar-refractivity contribution >= 4 is 0 Å². The molecule has 0 aliphatic rings. The van der Waals surface area contributed by atoms with Gasteiger partial charge >= 0.3 is 0 Å². The highest BCUT2D eigenvalue weighted by molar-refractivity contribution is 5.30. The van der Waals surface area contributed by atoms with Crippen LogP contribution in [0.3, 0.4) is 0 Å². The van der Waals surface area contributed by atoms with E-state index in [-0.39, 0.29) is 11.9 Å². The number of rotatable bonds is 4. The van der Waals surface area contributed by atoms with E-state index in [1.54, 1.807) is 31.5 Å². The number of benzene rings is 1. The van der Waals surface area contributed by atoms with Crippen LogP contribution in [0.5, 0.6) is 5.75 Å². The zero-order chi connectivity index (χ0) is 13.0. The molecule has 0 saturated heterocycles. The van der Waals surface area contributed by atoms with Crippen LogP contribution in [0.2, 0.25) is 0 Å². The Kier molecular flexibility index (Phi) is 3.89. The predicted molar refractivity (Wildman–Crippen MR) is 67.6 cm³/mol. The maximum atomic E-state index is 13.7. The Morgan fingerprint density at radius 2 is 2.00 bits per heavy atom. The predicted octanol–water partition coefficient (Wildman–Crippen LogP) is 2.82. The molecule has 0 bridgehead atoms. The van der Waals surface area contributed by atoms with E-state index >= 15 is 0 Å². The van der Waals surface area contributed by atoms with Crippen LogP contribution in [0.25, 0.3) is 0 Å². The number of nitrogens with zero attached hydrogens (tertiary/aromatic N) is 1. The van der Waals surface area contributed by atoms with Crippen LogP contribution in [0.4, 0.5) is 4.39 Å². The molecular formula is C14H15FN2O. The number of pyridine rings is 1. The first-order chi connectivity index (χ1) is 8.66. The molecule has 94 valence electrons. The zero-order valence-corrected chi connectivity index (χ0v) is 10.1. The molecule has 2 N–H and O–H groups in total. The minimum Gasteiger partial charge on any atom is -0.489 e. The van der Waals surface area contributed by atoms with Gasteiger partial charge < -0.3 is 10.5 Å². The molecule has 0 amide bonds. The fourth-order valence-corrected chi connectivity index (χ4v) is 1.61. The van der Waals surface area contributed by atoms with Crippen LogP contribution in [-0.4, -0.2) is 4.98 Å². The van der Waals surface area contributed by atoms with E-state index < -0.39 is 0 Å². The Morgan fingerprint density at radius 3 is 2.61 bits per heavy atom. The van der Waals surface area contributed by atoms with E-state index in [2.05, 4.69) is 4.98 Å². The van der Waals surface area contributed by atoms with Crippen LogP contribution in [0.1, 0.15) is 24.1 Å². The van der Waals surface area contributed by atoms with E-state index in [0.29, 0.717) is 17.9 Å². The van der Waals surface area contributed by atoms with Gasteiger partial charge in [0.1, 0.15) is 18.2 Å². The summed E-state index contributed by atoms with van der Waals surface area (Å²) in [7, 11) is 0. The van der Waals surface area contributed by atoms with E-state index in [0.717, 1.165) is 5.56 Å². The molecule has 3 nitrogen and oxygen atoms in total. The van der Waals surface area contributed by atoms with Gasteiger partial charge in [-0.3, -0.25) is 4.98 Å². The van der Waals surface area contributed by atoms with Crippen molar-refractivity contribution < 1.29 is 9.13 Å². The van der Waals surface area contributed by atoms with Crippen molar-refractivity contribution in [2.24, 2.45) is 5.73 Å². The molecule has 0 radical (unpaired) electrons. The summed E-state index contributed by atoms with van der Waals surface area (Å²) in [6.45, 7) is 2.13. The number of hydrogen-bond donors (Lipinski definition) is 1. The molecule has 1 atom stereocenters. The van der Waals surface area contributed by atoms with Crippen molar-refractivity contribution in [3.8, 4) is 5.75 Å². The van der Waals surface area contributed by atoms with E-state index in [9.17, 15) is 4.39 Å². The highest BCUT2D eigenvalue weighted by Gasteiger charge is 2.08. The number of ether oxygens (including phenoxy) is 1. The molecule has 0 aliphatic carbocycles. The minimum absolute atomic E-state index is 0.320. The number of aromatic nitrogens is 1. The van der Waals surface area contributed by atoms with Gasteiger partial charge in [0, 0.05) is 30.1 Å². The van der Waals surface area contributed by atoms with Gasteiger partial charge in [0.2, 0.25) is 0 Å². The normalized spacial score (nSPS) is 12.2. The molecule has 0 fully saturated rings. The van der Waals surface area contributed by atoms with Gasteiger partial charge in [-0.2, -0.15) is 0 Å². The van der Waals surface area contributed by atoms with Gasteiger partial charge in [0.25, 0.3) is 0 Å². The smallest absolute Gasteiger partial charge is 0.131 e. The average Bonchev–Trinajstić information content (AvgIpc) is 2.37. The third-order valence-corrected chi connectivity index (χ3v) is 2.62. The Hall–Kier alpha value is -1.94. The summed E-state index contributed by atoms with van der Waals surface area (Å²) in [5.41, 5.74) is 7.12. The van der Waals surface area contributed by atoms with E-state index in [1.807, 2.05) is 12.1 Å². The van der Waals surface area contributed by atoms with Gasteiger partial charge in [0.05, 0.1) is 0 Å². The molecule has 0 saturated carbocycles. The quantitative estimate of drug-likeness (QED) is 0.902. The van der Waals surface area contributed by atoms with Gasteiger partial charge in [-0.1, -0.05) is 6.07 Å². The molecule has 1 heterocycles. The van der Waals surface area contributed by atoms with Crippen LogP contribution in [0, 0.1) is 5.82 Å². The Morgan fingerprint density at radius 1 is 1.28 bits per heavy atom. The Balaban J connectivity index is 2.05. The number of halogens is 1. The Labute approximate surface area is 105 Å². The van der Waals surface area contributed by atoms with E-state index in [1.165, 1.54) is 6.07 Å². The monoisotopic (exact) mass is 246 g/mol. The van der Waals surface area contributed by atoms with Crippen LogP contribution >= 0.6 is 0 Å². The third kappa shape index (κ3) is 3.05. The summed E-state index contributed by atoms with van der Waals surface area (Å²) >= 11 is 0. The minimum atomic E-state index is -0.336. The van der Waals surface area contributed by atoms with Crippen LogP contribution < -0.4 is 10.5 Å². The summed E-state index contributed by atoms with van der Waals surface area (Å²) in [4.78, 5) is 3.92. The standard InChI is InChI=1S/C14H15FN2O/c1-10(16)13-3-2-12(8-14(13)15)18-9-11-4-6-17-7-5-11/h2-8,10H,9,16H2,1H3/t10-/m1/s1. The van der Waals surface area contributed by atoms with Crippen molar-refractivity contribution in [1.82, 2.24) is 4.98 Å². The van der Waals surface area contributed by atoms with Crippen molar-refractivity contribution in [3.05, 3.63) is 59.7 Å². The van der Waals surface area contributed by atoms with Gasteiger partial charge in [-0.15, -0.1) is 0 Å². The lowest BCUT2D eigenvalue weighted by atomic mass is 10.1. The number of nitrogens with two attached hydrogens (primary N) is 1. The molecule has 0 aliphatic heterocycles. The highest BCUT2D eigenvalue weighted by atomic mass is 19.1. The highest BCUT2D eigenvalue weighted by Crippen LogP contribution is 2.21. The summed E-state index contributed by atoms with van der Waals surface area (Å²) in [5.74, 6) is 0.158. The summed E-state index contributed by atoms with van der Waals surface area (Å²) in [6, 6.07) is 8.13. The second-order valence-corrected chi connectivity index (χ2v) is 4.12. The van der Waals surface area contributed by atoms with Gasteiger partial charge in [-0.05, 0) is 30.7 Å². The summed E-state index contributed by atoms with van der Waals surface area (Å²) in [6.07, 6.45) is 3.39. The number of hydrogen-bond acceptors (Lipinski definition) is 3. The molecule has 18 heavy (non-hydrogen) atoms. The maximum absolute atomic E-state index is 13.7. The first-order valence-electron chi connectivity index (χ1n) is 5.73. The lowest BCUT2D eigenvalue weighted by Crippen LogP contribution is -2.07. The molecule has 4 heteroatoms. The largest absolute Gasteiger partial charge is 0.489 e.